The summed E-state index contributed by atoms with van der Waals surface area (Å²) < 4.78 is 0. The molecule has 1 atom stereocenters. The van der Waals surface area contributed by atoms with Crippen molar-refractivity contribution >= 4 is 5.71 Å². The van der Waals surface area contributed by atoms with Crippen molar-refractivity contribution in [1.29, 1.82) is 5.41 Å². The Morgan fingerprint density at radius 2 is 2.07 bits per heavy atom. The highest BCUT2D eigenvalue weighted by molar-refractivity contribution is 6.01. The van der Waals surface area contributed by atoms with Crippen LogP contribution in [0.3, 0.4) is 0 Å². The number of allylic oxidation sites excluding steroid dienone is 1. The van der Waals surface area contributed by atoms with Gasteiger partial charge in [0.2, 0.25) is 0 Å². The topological polar surface area (TPSA) is 23.9 Å². The molecule has 0 amide bonds. The molecule has 0 bridgehead atoms. The predicted octanol–water partition coefficient (Wildman–Crippen LogP) is 3.49. The van der Waals surface area contributed by atoms with E-state index in [0.717, 1.165) is 5.56 Å². The molecule has 1 heteroatoms. The molecule has 1 N–H and O–H groups in total. The third kappa shape index (κ3) is 2.11. The Bertz CT molecular complexity index is 363. The molecule has 0 aliphatic heterocycles. The Morgan fingerprint density at radius 3 is 2.57 bits per heavy atom. The van der Waals surface area contributed by atoms with E-state index in [2.05, 4.69) is 19.6 Å². The standard InChI is InChI=1S/C13H17N/c1-5-10(3)13(14)12-7-6-9(2)8-11(12)4/h5-8,10,14H,1H2,2-4H3. The number of benzene rings is 1. The van der Waals surface area contributed by atoms with Crippen LogP contribution in [0.4, 0.5) is 0 Å². The van der Waals surface area contributed by atoms with Crippen LogP contribution in [-0.4, -0.2) is 5.71 Å². The molecule has 0 saturated heterocycles. The molecule has 1 aromatic rings. The number of nitrogens with one attached hydrogen (secondary N) is 1. The van der Waals surface area contributed by atoms with Gasteiger partial charge in [-0.25, -0.2) is 0 Å². The highest BCUT2D eigenvalue weighted by Crippen LogP contribution is 2.15. The summed E-state index contributed by atoms with van der Waals surface area (Å²) in [7, 11) is 0. The highest BCUT2D eigenvalue weighted by atomic mass is 14.4. The molecule has 0 aliphatic rings. The summed E-state index contributed by atoms with van der Waals surface area (Å²) >= 11 is 0. The van der Waals surface area contributed by atoms with Gasteiger partial charge < -0.3 is 5.41 Å². The van der Waals surface area contributed by atoms with Gasteiger partial charge in [0.25, 0.3) is 0 Å². The number of aryl methyl sites for hydroxylation is 2. The van der Waals surface area contributed by atoms with Crippen molar-refractivity contribution < 1.29 is 0 Å². The number of hydrogen-bond acceptors (Lipinski definition) is 1. The van der Waals surface area contributed by atoms with Gasteiger partial charge in [0.15, 0.2) is 0 Å². The molecule has 1 unspecified atom stereocenters. The lowest BCUT2D eigenvalue weighted by Crippen LogP contribution is -2.10. The molecule has 1 rings (SSSR count). The SMILES string of the molecule is C=CC(C)C(=N)c1ccc(C)cc1C. The second kappa shape index (κ2) is 4.23. The van der Waals surface area contributed by atoms with Crippen molar-refractivity contribution in [3.8, 4) is 0 Å². The summed E-state index contributed by atoms with van der Waals surface area (Å²) in [5.74, 6) is 0.122. The number of hydrogen-bond donors (Lipinski definition) is 1. The van der Waals surface area contributed by atoms with E-state index >= 15 is 0 Å². The van der Waals surface area contributed by atoms with Gasteiger partial charge in [0.1, 0.15) is 0 Å². The number of rotatable bonds is 3. The summed E-state index contributed by atoms with van der Waals surface area (Å²) in [5, 5.41) is 7.98. The molecule has 0 fully saturated rings. The first-order valence-electron chi connectivity index (χ1n) is 4.85. The minimum atomic E-state index is 0.122. The second-order valence-electron chi connectivity index (χ2n) is 3.76. The lowest BCUT2D eigenvalue weighted by atomic mass is 9.94. The van der Waals surface area contributed by atoms with Crippen molar-refractivity contribution in [2.24, 2.45) is 5.92 Å². The van der Waals surface area contributed by atoms with Crippen molar-refractivity contribution in [2.75, 3.05) is 0 Å². The molecule has 1 aromatic carbocycles. The molecule has 74 valence electrons. The summed E-state index contributed by atoms with van der Waals surface area (Å²) in [5.41, 5.74) is 4.09. The molecule has 0 aromatic heterocycles. The zero-order valence-corrected chi connectivity index (χ0v) is 9.09. The third-order valence-electron chi connectivity index (χ3n) is 2.48. The first-order chi connectivity index (χ1) is 6.56. The fourth-order valence-corrected chi connectivity index (χ4v) is 1.48. The van der Waals surface area contributed by atoms with Gasteiger partial charge in [-0.15, -0.1) is 6.58 Å². The van der Waals surface area contributed by atoms with Gasteiger partial charge in [-0.2, -0.15) is 0 Å². The van der Waals surface area contributed by atoms with E-state index in [-0.39, 0.29) is 5.92 Å². The minimum Gasteiger partial charge on any atom is -0.304 e. The summed E-state index contributed by atoms with van der Waals surface area (Å²) in [6, 6.07) is 6.18. The average Bonchev–Trinajstić information content (AvgIpc) is 2.15. The van der Waals surface area contributed by atoms with Crippen molar-refractivity contribution in [3.05, 3.63) is 47.5 Å². The fraction of sp³-hybridized carbons (Fsp3) is 0.308. The molecular formula is C13H17N. The van der Waals surface area contributed by atoms with Gasteiger partial charge in [-0.05, 0) is 25.0 Å². The van der Waals surface area contributed by atoms with E-state index < -0.39 is 0 Å². The second-order valence-corrected chi connectivity index (χ2v) is 3.76. The Kier molecular flexibility index (Phi) is 3.23. The van der Waals surface area contributed by atoms with E-state index in [9.17, 15) is 0 Å². The van der Waals surface area contributed by atoms with Crippen LogP contribution in [0.5, 0.6) is 0 Å². The molecule has 0 saturated carbocycles. The maximum Gasteiger partial charge on any atom is 0.0454 e. The van der Waals surface area contributed by atoms with Crippen LogP contribution >= 0.6 is 0 Å². The lowest BCUT2D eigenvalue weighted by molar-refractivity contribution is 0.987. The highest BCUT2D eigenvalue weighted by Gasteiger charge is 2.09. The lowest BCUT2D eigenvalue weighted by Gasteiger charge is -2.11. The van der Waals surface area contributed by atoms with Gasteiger partial charge in [0.05, 0.1) is 0 Å². The largest absolute Gasteiger partial charge is 0.304 e. The van der Waals surface area contributed by atoms with Crippen LogP contribution < -0.4 is 0 Å². The molecule has 0 radical (unpaired) electrons. The van der Waals surface area contributed by atoms with E-state index in [4.69, 9.17) is 5.41 Å². The smallest absolute Gasteiger partial charge is 0.0454 e. The van der Waals surface area contributed by atoms with E-state index in [0.29, 0.717) is 5.71 Å². The first-order valence-corrected chi connectivity index (χ1v) is 4.85. The van der Waals surface area contributed by atoms with Crippen LogP contribution in [-0.2, 0) is 0 Å². The zero-order chi connectivity index (χ0) is 10.7. The Balaban J connectivity index is 3.07. The Morgan fingerprint density at radius 1 is 1.43 bits per heavy atom. The van der Waals surface area contributed by atoms with E-state index in [1.165, 1.54) is 11.1 Å². The molecule has 0 spiro atoms. The van der Waals surface area contributed by atoms with Crippen LogP contribution in [0.25, 0.3) is 0 Å². The Hall–Kier alpha value is -1.37. The van der Waals surface area contributed by atoms with Crippen LogP contribution in [0, 0.1) is 25.2 Å². The van der Waals surface area contributed by atoms with Crippen molar-refractivity contribution in [3.63, 3.8) is 0 Å². The maximum absolute atomic E-state index is 7.98. The summed E-state index contributed by atoms with van der Waals surface area (Å²) in [6.07, 6.45) is 1.81. The quantitative estimate of drug-likeness (QED) is 0.553. The molecule has 1 nitrogen and oxygen atoms in total. The Labute approximate surface area is 86.0 Å². The molecular weight excluding hydrogens is 170 g/mol. The van der Waals surface area contributed by atoms with Crippen LogP contribution in [0.15, 0.2) is 30.9 Å². The van der Waals surface area contributed by atoms with Gasteiger partial charge in [-0.1, -0.05) is 36.8 Å². The maximum atomic E-state index is 7.98. The summed E-state index contributed by atoms with van der Waals surface area (Å²) in [4.78, 5) is 0. The minimum absolute atomic E-state index is 0.122. The molecule has 0 heterocycles. The normalized spacial score (nSPS) is 12.2. The molecule has 0 aliphatic carbocycles. The monoisotopic (exact) mass is 187 g/mol. The van der Waals surface area contributed by atoms with Crippen molar-refractivity contribution in [2.45, 2.75) is 20.8 Å². The van der Waals surface area contributed by atoms with Gasteiger partial charge in [0, 0.05) is 11.6 Å². The van der Waals surface area contributed by atoms with Gasteiger partial charge in [-0.3, -0.25) is 0 Å². The molecule has 14 heavy (non-hydrogen) atoms. The van der Waals surface area contributed by atoms with Crippen molar-refractivity contribution in [1.82, 2.24) is 0 Å². The van der Waals surface area contributed by atoms with Gasteiger partial charge >= 0.3 is 0 Å². The zero-order valence-electron chi connectivity index (χ0n) is 9.09. The van der Waals surface area contributed by atoms with E-state index in [1.54, 1.807) is 0 Å². The third-order valence-corrected chi connectivity index (χ3v) is 2.48. The first kappa shape index (κ1) is 10.7. The predicted molar refractivity (Wildman–Crippen MR) is 62.1 cm³/mol. The van der Waals surface area contributed by atoms with Crippen LogP contribution in [0.2, 0.25) is 0 Å². The van der Waals surface area contributed by atoms with E-state index in [1.807, 2.05) is 32.1 Å². The fourth-order valence-electron chi connectivity index (χ4n) is 1.48. The van der Waals surface area contributed by atoms with Crippen LogP contribution in [0.1, 0.15) is 23.6 Å². The average molecular weight is 187 g/mol. The summed E-state index contributed by atoms with van der Waals surface area (Å²) in [6.45, 7) is 9.82.